The number of aliphatic hydroxyl groups excluding tert-OH is 1. The predicted octanol–water partition coefficient (Wildman–Crippen LogP) is -0.142. The topological polar surface area (TPSA) is 66.8 Å². The molecule has 0 aromatic rings. The van der Waals surface area contributed by atoms with Gasteiger partial charge in [-0.3, -0.25) is 4.79 Å². The Morgan fingerprint density at radius 2 is 2.36 bits per heavy atom. The van der Waals surface area contributed by atoms with Gasteiger partial charge in [0.15, 0.2) is 0 Å². The summed E-state index contributed by atoms with van der Waals surface area (Å²) in [6.45, 7) is 0.840. The summed E-state index contributed by atoms with van der Waals surface area (Å²) in [6, 6.07) is 0. The molecule has 0 bridgehead atoms. The second-order valence-corrected chi connectivity index (χ2v) is 2.79. The summed E-state index contributed by atoms with van der Waals surface area (Å²) in [4.78, 5) is 10.3. The number of carboxylic acid groups (broad SMARTS) is 1. The van der Waals surface area contributed by atoms with Crippen molar-refractivity contribution in [3.05, 3.63) is 0 Å². The van der Waals surface area contributed by atoms with Crippen LogP contribution in [0.15, 0.2) is 0 Å². The van der Waals surface area contributed by atoms with Gasteiger partial charge in [-0.2, -0.15) is 0 Å². The van der Waals surface area contributed by atoms with Crippen molar-refractivity contribution in [2.24, 2.45) is 5.92 Å². The van der Waals surface area contributed by atoms with Crippen LogP contribution in [0.4, 0.5) is 0 Å². The Labute approximate surface area is 64.8 Å². The van der Waals surface area contributed by atoms with Crippen LogP contribution in [0.2, 0.25) is 0 Å². The number of aliphatic carboxylic acids is 1. The first-order chi connectivity index (χ1) is 5.20. The van der Waals surface area contributed by atoms with Gasteiger partial charge in [0, 0.05) is 6.61 Å². The van der Waals surface area contributed by atoms with E-state index in [1.54, 1.807) is 0 Å². The molecule has 0 aliphatic carbocycles. The molecule has 0 amide bonds. The van der Waals surface area contributed by atoms with Crippen LogP contribution in [0.3, 0.4) is 0 Å². The number of carboxylic acids is 1. The van der Waals surface area contributed by atoms with E-state index in [9.17, 15) is 9.90 Å². The van der Waals surface area contributed by atoms with E-state index in [1.807, 2.05) is 0 Å². The fraction of sp³-hybridized carbons (Fsp3) is 0.857. The lowest BCUT2D eigenvalue weighted by Crippen LogP contribution is -2.33. The van der Waals surface area contributed by atoms with Gasteiger partial charge in [-0.1, -0.05) is 0 Å². The molecule has 4 nitrogen and oxygen atoms in total. The highest BCUT2D eigenvalue weighted by atomic mass is 16.5. The minimum absolute atomic E-state index is 0.0462. The summed E-state index contributed by atoms with van der Waals surface area (Å²) >= 11 is 0. The van der Waals surface area contributed by atoms with Crippen LogP contribution in [-0.4, -0.2) is 35.5 Å². The first-order valence-corrected chi connectivity index (χ1v) is 3.67. The van der Waals surface area contributed by atoms with Gasteiger partial charge in [-0.25, -0.2) is 0 Å². The van der Waals surface area contributed by atoms with Crippen LogP contribution < -0.4 is 0 Å². The molecule has 11 heavy (non-hydrogen) atoms. The van der Waals surface area contributed by atoms with Crippen molar-refractivity contribution in [2.75, 3.05) is 13.2 Å². The van der Waals surface area contributed by atoms with E-state index < -0.39 is 12.1 Å². The van der Waals surface area contributed by atoms with Gasteiger partial charge in [0.1, 0.15) is 0 Å². The van der Waals surface area contributed by atoms with E-state index in [2.05, 4.69) is 0 Å². The third-order valence-corrected chi connectivity index (χ3v) is 1.90. The molecular formula is C7H12O4. The highest BCUT2D eigenvalue weighted by molar-refractivity contribution is 5.67. The smallest absolute Gasteiger partial charge is 0.303 e. The molecule has 1 rings (SSSR count). The van der Waals surface area contributed by atoms with Crippen LogP contribution in [0, 0.1) is 5.92 Å². The Kier molecular flexibility index (Phi) is 2.84. The van der Waals surface area contributed by atoms with Crippen molar-refractivity contribution < 1.29 is 19.7 Å². The summed E-state index contributed by atoms with van der Waals surface area (Å²) in [6.07, 6.45) is 0.0951. The van der Waals surface area contributed by atoms with Gasteiger partial charge in [0.05, 0.1) is 19.1 Å². The Morgan fingerprint density at radius 1 is 1.64 bits per heavy atom. The molecule has 0 aromatic carbocycles. The molecule has 0 aromatic heterocycles. The Morgan fingerprint density at radius 3 is 2.91 bits per heavy atom. The fourth-order valence-corrected chi connectivity index (χ4v) is 1.23. The summed E-state index contributed by atoms with van der Waals surface area (Å²) in [7, 11) is 0. The Bertz CT molecular complexity index is 145. The highest BCUT2D eigenvalue weighted by Gasteiger charge is 2.25. The molecular weight excluding hydrogens is 148 g/mol. The minimum Gasteiger partial charge on any atom is -0.481 e. The average molecular weight is 160 g/mol. The summed E-state index contributed by atoms with van der Waals surface area (Å²) in [5.74, 6) is -0.975. The van der Waals surface area contributed by atoms with Crippen LogP contribution in [0.25, 0.3) is 0 Å². The van der Waals surface area contributed by atoms with Gasteiger partial charge in [0.2, 0.25) is 0 Å². The van der Waals surface area contributed by atoms with Crippen molar-refractivity contribution in [1.82, 2.24) is 0 Å². The zero-order chi connectivity index (χ0) is 8.27. The molecule has 2 atom stereocenters. The lowest BCUT2D eigenvalue weighted by Gasteiger charge is -2.26. The van der Waals surface area contributed by atoms with Crippen molar-refractivity contribution in [3.63, 3.8) is 0 Å². The van der Waals surface area contributed by atoms with Gasteiger partial charge in [-0.15, -0.1) is 0 Å². The van der Waals surface area contributed by atoms with Crippen molar-refractivity contribution in [1.29, 1.82) is 0 Å². The van der Waals surface area contributed by atoms with Crippen LogP contribution in [-0.2, 0) is 9.53 Å². The molecule has 2 N–H and O–H groups in total. The summed E-state index contributed by atoms with van der Waals surface area (Å²) in [5, 5.41) is 17.7. The monoisotopic (exact) mass is 160 g/mol. The highest BCUT2D eigenvalue weighted by Crippen LogP contribution is 2.18. The van der Waals surface area contributed by atoms with E-state index in [0.717, 1.165) is 0 Å². The molecule has 1 saturated heterocycles. The zero-order valence-corrected chi connectivity index (χ0v) is 6.19. The zero-order valence-electron chi connectivity index (χ0n) is 6.19. The number of rotatable bonds is 2. The lowest BCUT2D eigenvalue weighted by molar-refractivity contribution is -0.141. The Balaban J connectivity index is 2.35. The largest absolute Gasteiger partial charge is 0.481 e. The van der Waals surface area contributed by atoms with Crippen molar-refractivity contribution >= 4 is 5.97 Å². The lowest BCUT2D eigenvalue weighted by atomic mass is 9.94. The third kappa shape index (κ3) is 2.48. The normalized spacial score (nSPS) is 31.7. The molecule has 0 spiro atoms. The molecule has 1 heterocycles. The van der Waals surface area contributed by atoms with Crippen molar-refractivity contribution in [3.8, 4) is 0 Å². The molecule has 0 unspecified atom stereocenters. The van der Waals surface area contributed by atoms with E-state index in [-0.39, 0.29) is 18.9 Å². The molecule has 0 radical (unpaired) electrons. The van der Waals surface area contributed by atoms with Crippen LogP contribution >= 0.6 is 0 Å². The van der Waals surface area contributed by atoms with Gasteiger partial charge < -0.3 is 14.9 Å². The third-order valence-electron chi connectivity index (χ3n) is 1.90. The maximum absolute atomic E-state index is 10.3. The van der Waals surface area contributed by atoms with Crippen molar-refractivity contribution in [2.45, 2.75) is 18.9 Å². The molecule has 4 heteroatoms. The fourth-order valence-electron chi connectivity index (χ4n) is 1.23. The second kappa shape index (κ2) is 3.69. The maximum Gasteiger partial charge on any atom is 0.303 e. The number of carbonyl (C=O) groups is 1. The summed E-state index contributed by atoms with van der Waals surface area (Å²) < 4.78 is 4.95. The minimum atomic E-state index is -0.851. The summed E-state index contributed by atoms with van der Waals surface area (Å²) in [5.41, 5.74) is 0. The molecule has 1 fully saturated rings. The van der Waals surface area contributed by atoms with E-state index in [0.29, 0.717) is 13.0 Å². The maximum atomic E-state index is 10.3. The average Bonchev–Trinajstić information content (AvgIpc) is 1.93. The van der Waals surface area contributed by atoms with Crippen LogP contribution in [0.5, 0.6) is 0 Å². The van der Waals surface area contributed by atoms with E-state index >= 15 is 0 Å². The molecule has 1 aliphatic rings. The van der Waals surface area contributed by atoms with E-state index in [1.165, 1.54) is 0 Å². The van der Waals surface area contributed by atoms with Gasteiger partial charge >= 0.3 is 5.97 Å². The standard InChI is InChI=1S/C7H12O4/c8-6-4-11-2-1-5(6)3-7(9)10/h5-6,8H,1-4H2,(H,9,10)/t5-,6-/m1/s1. The number of ether oxygens (including phenoxy) is 1. The predicted molar refractivity (Wildman–Crippen MR) is 37.2 cm³/mol. The molecule has 0 saturated carbocycles. The second-order valence-electron chi connectivity index (χ2n) is 2.79. The first kappa shape index (κ1) is 8.49. The van der Waals surface area contributed by atoms with E-state index in [4.69, 9.17) is 9.84 Å². The number of aliphatic hydroxyl groups is 1. The molecule has 64 valence electrons. The molecule has 1 aliphatic heterocycles. The number of hydrogen-bond acceptors (Lipinski definition) is 3. The quantitative estimate of drug-likeness (QED) is 0.590. The SMILES string of the molecule is O=C(O)C[C@H]1CCOC[C@H]1O. The Hall–Kier alpha value is -0.610. The van der Waals surface area contributed by atoms with Gasteiger partial charge in [0.25, 0.3) is 0 Å². The first-order valence-electron chi connectivity index (χ1n) is 3.67. The number of hydrogen-bond donors (Lipinski definition) is 2. The van der Waals surface area contributed by atoms with Crippen LogP contribution in [0.1, 0.15) is 12.8 Å². The van der Waals surface area contributed by atoms with Gasteiger partial charge in [-0.05, 0) is 12.3 Å².